The van der Waals surface area contributed by atoms with Gasteiger partial charge in [-0.3, -0.25) is 0 Å². The van der Waals surface area contributed by atoms with Crippen LogP contribution in [0.25, 0.3) is 0 Å². The molecular weight excluding hydrogens is 216 g/mol. The predicted octanol–water partition coefficient (Wildman–Crippen LogP) is 5.91. The lowest BCUT2D eigenvalue weighted by Crippen LogP contribution is -2.32. The molecule has 5 atom stereocenters. The van der Waals surface area contributed by atoms with Crippen LogP contribution >= 0.6 is 0 Å². The molecule has 0 N–H and O–H groups in total. The van der Waals surface area contributed by atoms with Gasteiger partial charge in [-0.25, -0.2) is 0 Å². The third kappa shape index (κ3) is 3.31. The molecule has 2 fully saturated rings. The molecule has 0 radical (unpaired) electrons. The van der Waals surface area contributed by atoms with Crippen molar-refractivity contribution in [3.05, 3.63) is 0 Å². The van der Waals surface area contributed by atoms with E-state index in [1.807, 2.05) is 0 Å². The van der Waals surface area contributed by atoms with Crippen LogP contribution in [0.2, 0.25) is 0 Å². The quantitative estimate of drug-likeness (QED) is 0.584. The molecule has 0 heteroatoms. The summed E-state index contributed by atoms with van der Waals surface area (Å²) in [6.07, 6.45) is 12.0. The average Bonchev–Trinajstić information content (AvgIpc) is 2.36. The summed E-state index contributed by atoms with van der Waals surface area (Å²) in [5, 5.41) is 0. The molecule has 0 aliphatic heterocycles. The van der Waals surface area contributed by atoms with Gasteiger partial charge in [0.1, 0.15) is 0 Å². The van der Waals surface area contributed by atoms with Crippen LogP contribution in [0.15, 0.2) is 0 Å². The molecular formula is C18H34. The van der Waals surface area contributed by atoms with Gasteiger partial charge in [-0.1, -0.05) is 40.5 Å². The molecule has 0 saturated heterocycles. The van der Waals surface area contributed by atoms with Crippen molar-refractivity contribution in [2.24, 2.45) is 35.5 Å². The molecule has 2 rings (SSSR count). The van der Waals surface area contributed by atoms with Crippen molar-refractivity contribution >= 4 is 0 Å². The first kappa shape index (κ1) is 14.4. The molecule has 0 amide bonds. The van der Waals surface area contributed by atoms with Gasteiger partial charge in [0.25, 0.3) is 0 Å². The van der Waals surface area contributed by atoms with Crippen molar-refractivity contribution in [2.45, 2.75) is 79.1 Å². The van der Waals surface area contributed by atoms with Gasteiger partial charge in [-0.2, -0.15) is 0 Å². The van der Waals surface area contributed by atoms with Crippen molar-refractivity contribution < 1.29 is 0 Å². The van der Waals surface area contributed by atoms with Gasteiger partial charge in [-0.05, 0) is 74.0 Å². The summed E-state index contributed by atoms with van der Waals surface area (Å²) in [5.74, 6) is 6.20. The van der Waals surface area contributed by atoms with E-state index in [0.717, 1.165) is 35.5 Å². The molecule has 0 spiro atoms. The smallest absolute Gasteiger partial charge is 0.0381 e. The largest absolute Gasteiger partial charge is 0.0651 e. The van der Waals surface area contributed by atoms with Gasteiger partial charge in [0.2, 0.25) is 0 Å². The van der Waals surface area contributed by atoms with Crippen molar-refractivity contribution in [3.63, 3.8) is 0 Å². The van der Waals surface area contributed by atoms with E-state index in [2.05, 4.69) is 27.7 Å². The van der Waals surface area contributed by atoms with E-state index in [-0.39, 0.29) is 0 Å². The van der Waals surface area contributed by atoms with Crippen LogP contribution < -0.4 is 0 Å². The standard InChI is InChI=1S/C18H34/c1-5-15-7-8-17(12-16(15)6-2)18-10-13(3)9-14(4)11-18/h13-18H,5-12H2,1-4H3. The van der Waals surface area contributed by atoms with Crippen molar-refractivity contribution in [3.8, 4) is 0 Å². The van der Waals surface area contributed by atoms with E-state index >= 15 is 0 Å². The lowest BCUT2D eigenvalue weighted by Gasteiger charge is -2.43. The van der Waals surface area contributed by atoms with E-state index in [4.69, 9.17) is 0 Å². The Kier molecular flexibility index (Phi) is 5.15. The molecule has 106 valence electrons. The summed E-state index contributed by atoms with van der Waals surface area (Å²) in [5.41, 5.74) is 0. The Bertz CT molecular complexity index is 234. The first-order valence-corrected chi connectivity index (χ1v) is 8.63. The third-order valence-electron chi connectivity index (χ3n) is 6.11. The van der Waals surface area contributed by atoms with Gasteiger partial charge < -0.3 is 0 Å². The fourth-order valence-corrected chi connectivity index (χ4v) is 5.22. The topological polar surface area (TPSA) is 0 Å². The Balaban J connectivity index is 1.93. The van der Waals surface area contributed by atoms with E-state index in [1.54, 1.807) is 12.8 Å². The van der Waals surface area contributed by atoms with E-state index in [9.17, 15) is 0 Å². The Morgan fingerprint density at radius 1 is 0.667 bits per heavy atom. The lowest BCUT2D eigenvalue weighted by atomic mass is 9.63. The van der Waals surface area contributed by atoms with E-state index in [0.29, 0.717) is 0 Å². The van der Waals surface area contributed by atoms with Gasteiger partial charge in [0.05, 0.1) is 0 Å². The molecule has 0 nitrogen and oxygen atoms in total. The minimum atomic E-state index is 0.989. The fourth-order valence-electron chi connectivity index (χ4n) is 5.22. The summed E-state index contributed by atoms with van der Waals surface area (Å²) in [6, 6.07) is 0. The van der Waals surface area contributed by atoms with Gasteiger partial charge in [0.15, 0.2) is 0 Å². The third-order valence-corrected chi connectivity index (χ3v) is 6.11. The highest BCUT2D eigenvalue weighted by molar-refractivity contribution is 4.86. The van der Waals surface area contributed by atoms with Crippen LogP contribution in [0, 0.1) is 35.5 Å². The van der Waals surface area contributed by atoms with E-state index in [1.165, 1.54) is 38.5 Å². The van der Waals surface area contributed by atoms with Crippen LogP contribution in [-0.4, -0.2) is 0 Å². The summed E-state index contributed by atoms with van der Waals surface area (Å²) >= 11 is 0. The first-order chi connectivity index (χ1) is 8.63. The Morgan fingerprint density at radius 3 is 1.83 bits per heavy atom. The second-order valence-electron chi connectivity index (χ2n) is 7.59. The minimum absolute atomic E-state index is 0.989. The maximum atomic E-state index is 2.48. The maximum absolute atomic E-state index is 2.48. The highest BCUT2D eigenvalue weighted by Crippen LogP contribution is 2.46. The first-order valence-electron chi connectivity index (χ1n) is 8.63. The van der Waals surface area contributed by atoms with Crippen molar-refractivity contribution in [2.75, 3.05) is 0 Å². The van der Waals surface area contributed by atoms with Crippen molar-refractivity contribution in [1.29, 1.82) is 0 Å². The molecule has 2 saturated carbocycles. The highest BCUT2D eigenvalue weighted by atomic mass is 14.4. The zero-order chi connectivity index (χ0) is 13.1. The highest BCUT2D eigenvalue weighted by Gasteiger charge is 2.35. The zero-order valence-corrected chi connectivity index (χ0v) is 13.1. The molecule has 0 aromatic rings. The summed E-state index contributed by atoms with van der Waals surface area (Å²) < 4.78 is 0. The molecule has 0 bridgehead atoms. The van der Waals surface area contributed by atoms with Gasteiger partial charge in [0, 0.05) is 0 Å². The van der Waals surface area contributed by atoms with Gasteiger partial charge in [-0.15, -0.1) is 0 Å². The average molecular weight is 250 g/mol. The second-order valence-corrected chi connectivity index (χ2v) is 7.59. The zero-order valence-electron chi connectivity index (χ0n) is 13.1. The van der Waals surface area contributed by atoms with Crippen molar-refractivity contribution in [1.82, 2.24) is 0 Å². The number of rotatable bonds is 3. The summed E-state index contributed by atoms with van der Waals surface area (Å²) in [4.78, 5) is 0. The number of hydrogen-bond donors (Lipinski definition) is 0. The fraction of sp³-hybridized carbons (Fsp3) is 1.00. The Hall–Kier alpha value is 0. The molecule has 2 aliphatic carbocycles. The van der Waals surface area contributed by atoms with Crippen LogP contribution in [-0.2, 0) is 0 Å². The molecule has 0 aromatic heterocycles. The monoisotopic (exact) mass is 250 g/mol. The molecule has 5 unspecified atom stereocenters. The Labute approximate surface area is 115 Å². The van der Waals surface area contributed by atoms with Gasteiger partial charge >= 0.3 is 0 Å². The summed E-state index contributed by atoms with van der Waals surface area (Å²) in [6.45, 7) is 9.79. The minimum Gasteiger partial charge on any atom is -0.0651 e. The summed E-state index contributed by atoms with van der Waals surface area (Å²) in [7, 11) is 0. The SMILES string of the molecule is CCC1CCC(C2CC(C)CC(C)C2)CC1CC. The molecule has 2 aliphatic rings. The van der Waals surface area contributed by atoms with Crippen LogP contribution in [0.1, 0.15) is 79.1 Å². The predicted molar refractivity (Wildman–Crippen MR) is 80.6 cm³/mol. The Morgan fingerprint density at radius 2 is 1.28 bits per heavy atom. The normalized spacial score (nSPS) is 46.0. The number of hydrogen-bond acceptors (Lipinski definition) is 0. The lowest BCUT2D eigenvalue weighted by molar-refractivity contribution is 0.0818. The maximum Gasteiger partial charge on any atom is -0.0381 e. The van der Waals surface area contributed by atoms with Crippen LogP contribution in [0.4, 0.5) is 0 Å². The second kappa shape index (κ2) is 6.44. The molecule has 0 aromatic carbocycles. The molecule has 0 heterocycles. The molecule has 18 heavy (non-hydrogen) atoms. The van der Waals surface area contributed by atoms with Crippen LogP contribution in [0.3, 0.4) is 0 Å². The van der Waals surface area contributed by atoms with Crippen LogP contribution in [0.5, 0.6) is 0 Å². The van der Waals surface area contributed by atoms with E-state index < -0.39 is 0 Å².